The maximum Gasteiger partial charge on any atom is 0.153 e. The van der Waals surface area contributed by atoms with Crippen molar-refractivity contribution in [3.63, 3.8) is 0 Å². The average molecular weight is 339 g/mol. The molecule has 0 saturated heterocycles. The van der Waals surface area contributed by atoms with Gasteiger partial charge < -0.3 is 5.73 Å². The maximum atomic E-state index is 6.26. The van der Waals surface area contributed by atoms with Crippen LogP contribution in [0.2, 0.25) is 15.1 Å². The minimum atomic E-state index is 0.370. The van der Waals surface area contributed by atoms with Gasteiger partial charge in [0.1, 0.15) is 0 Å². The van der Waals surface area contributed by atoms with E-state index in [1.807, 2.05) is 18.2 Å². The summed E-state index contributed by atoms with van der Waals surface area (Å²) in [6.07, 6.45) is 0. The van der Waals surface area contributed by atoms with Crippen LogP contribution >= 0.6 is 34.8 Å². The number of benzene rings is 2. The molecule has 106 valence electrons. The van der Waals surface area contributed by atoms with Crippen molar-refractivity contribution in [1.82, 2.24) is 10.2 Å². The van der Waals surface area contributed by atoms with Crippen molar-refractivity contribution in [2.24, 2.45) is 0 Å². The van der Waals surface area contributed by atoms with Crippen molar-refractivity contribution in [2.75, 3.05) is 5.73 Å². The summed E-state index contributed by atoms with van der Waals surface area (Å²) in [5.74, 6) is 0.370. The third kappa shape index (κ3) is 2.72. The SMILES string of the molecule is Nc1n[nH]c(-c2cc(Cl)cc(Cl)c2)c1-c1ccccc1Cl. The molecule has 0 bridgehead atoms. The number of aromatic nitrogens is 2. The van der Waals surface area contributed by atoms with E-state index in [9.17, 15) is 0 Å². The lowest BCUT2D eigenvalue weighted by molar-refractivity contribution is 1.10. The molecular weight excluding hydrogens is 329 g/mol. The molecule has 0 atom stereocenters. The quantitative estimate of drug-likeness (QED) is 0.667. The first-order valence-corrected chi connectivity index (χ1v) is 7.25. The van der Waals surface area contributed by atoms with E-state index in [2.05, 4.69) is 10.2 Å². The van der Waals surface area contributed by atoms with E-state index in [4.69, 9.17) is 40.5 Å². The molecule has 3 rings (SSSR count). The summed E-state index contributed by atoms with van der Waals surface area (Å²) in [7, 11) is 0. The topological polar surface area (TPSA) is 54.7 Å². The summed E-state index contributed by atoms with van der Waals surface area (Å²) in [6, 6.07) is 12.7. The summed E-state index contributed by atoms with van der Waals surface area (Å²) in [6.45, 7) is 0. The first-order chi connectivity index (χ1) is 10.1. The highest BCUT2D eigenvalue weighted by Gasteiger charge is 2.17. The van der Waals surface area contributed by atoms with Gasteiger partial charge in [0.05, 0.1) is 11.3 Å². The molecule has 2 aromatic carbocycles. The van der Waals surface area contributed by atoms with Gasteiger partial charge in [0.2, 0.25) is 0 Å². The number of rotatable bonds is 2. The van der Waals surface area contributed by atoms with E-state index in [0.717, 1.165) is 22.4 Å². The molecule has 0 unspecified atom stereocenters. The summed E-state index contributed by atoms with van der Waals surface area (Å²) >= 11 is 18.4. The fourth-order valence-electron chi connectivity index (χ4n) is 2.20. The van der Waals surface area contributed by atoms with Crippen molar-refractivity contribution >= 4 is 40.6 Å². The summed E-state index contributed by atoms with van der Waals surface area (Å²) in [4.78, 5) is 0. The lowest BCUT2D eigenvalue weighted by atomic mass is 10.0. The van der Waals surface area contributed by atoms with E-state index in [1.54, 1.807) is 24.3 Å². The monoisotopic (exact) mass is 337 g/mol. The minimum absolute atomic E-state index is 0.370. The van der Waals surface area contributed by atoms with Crippen LogP contribution in [0.25, 0.3) is 22.4 Å². The summed E-state index contributed by atoms with van der Waals surface area (Å²) in [5.41, 5.74) is 9.05. The molecule has 0 fully saturated rings. The second-order valence-electron chi connectivity index (χ2n) is 4.50. The zero-order valence-electron chi connectivity index (χ0n) is 10.7. The zero-order chi connectivity index (χ0) is 15.0. The number of hydrogen-bond acceptors (Lipinski definition) is 2. The standard InChI is InChI=1S/C15H10Cl3N3/c16-9-5-8(6-10(17)7-9)14-13(15(19)21-20-14)11-3-1-2-4-12(11)18/h1-7H,(H3,19,20,21). The van der Waals surface area contributed by atoms with Gasteiger partial charge in [-0.15, -0.1) is 0 Å². The van der Waals surface area contributed by atoms with Crippen LogP contribution in [-0.2, 0) is 0 Å². The van der Waals surface area contributed by atoms with E-state index < -0.39 is 0 Å². The second-order valence-corrected chi connectivity index (χ2v) is 5.78. The Hall–Kier alpha value is -1.68. The Morgan fingerprint density at radius 3 is 2.29 bits per heavy atom. The molecule has 3 nitrogen and oxygen atoms in total. The van der Waals surface area contributed by atoms with Crippen LogP contribution in [0, 0.1) is 0 Å². The van der Waals surface area contributed by atoms with Crippen molar-refractivity contribution in [3.05, 3.63) is 57.5 Å². The Balaban J connectivity index is 2.24. The smallest absolute Gasteiger partial charge is 0.153 e. The van der Waals surface area contributed by atoms with Gasteiger partial charge in [-0.3, -0.25) is 5.10 Å². The number of nitrogens with one attached hydrogen (secondary N) is 1. The van der Waals surface area contributed by atoms with E-state index in [1.165, 1.54) is 0 Å². The highest BCUT2D eigenvalue weighted by Crippen LogP contribution is 2.39. The van der Waals surface area contributed by atoms with Crippen LogP contribution < -0.4 is 5.73 Å². The highest BCUT2D eigenvalue weighted by atomic mass is 35.5. The first-order valence-electron chi connectivity index (χ1n) is 6.11. The van der Waals surface area contributed by atoms with Crippen LogP contribution in [0.1, 0.15) is 0 Å². The lowest BCUT2D eigenvalue weighted by Crippen LogP contribution is -1.89. The number of nitrogens with zero attached hydrogens (tertiary/aromatic N) is 1. The summed E-state index contributed by atoms with van der Waals surface area (Å²) < 4.78 is 0. The van der Waals surface area contributed by atoms with Crippen LogP contribution in [0.15, 0.2) is 42.5 Å². The predicted molar refractivity (Wildman–Crippen MR) is 88.9 cm³/mol. The largest absolute Gasteiger partial charge is 0.382 e. The molecule has 0 spiro atoms. The molecule has 0 amide bonds. The van der Waals surface area contributed by atoms with Gasteiger partial charge in [0, 0.05) is 26.2 Å². The molecule has 0 aliphatic rings. The van der Waals surface area contributed by atoms with Crippen molar-refractivity contribution < 1.29 is 0 Å². The predicted octanol–water partition coefficient (Wildman–Crippen LogP) is 5.29. The van der Waals surface area contributed by atoms with Gasteiger partial charge in [-0.2, -0.15) is 5.10 Å². The van der Waals surface area contributed by atoms with Gasteiger partial charge in [-0.05, 0) is 24.3 Å². The Kier molecular flexibility index (Phi) is 3.81. The number of H-pyrrole nitrogens is 1. The molecule has 1 heterocycles. The van der Waals surface area contributed by atoms with Crippen molar-refractivity contribution in [3.8, 4) is 22.4 Å². The van der Waals surface area contributed by atoms with Gasteiger partial charge in [0.25, 0.3) is 0 Å². The number of halogens is 3. The summed E-state index contributed by atoms with van der Waals surface area (Å²) in [5, 5.41) is 8.67. The number of nitrogen functional groups attached to an aromatic ring is 1. The first kappa shape index (κ1) is 14.3. The third-order valence-electron chi connectivity index (χ3n) is 3.09. The van der Waals surface area contributed by atoms with Crippen LogP contribution in [0.4, 0.5) is 5.82 Å². The Morgan fingerprint density at radius 2 is 1.62 bits per heavy atom. The van der Waals surface area contributed by atoms with Crippen LogP contribution in [0.5, 0.6) is 0 Å². The molecular formula is C15H10Cl3N3. The van der Waals surface area contributed by atoms with Gasteiger partial charge in [-0.1, -0.05) is 53.0 Å². The fraction of sp³-hybridized carbons (Fsp3) is 0. The Labute approximate surface area is 136 Å². The lowest BCUT2D eigenvalue weighted by Gasteiger charge is -2.07. The second kappa shape index (κ2) is 5.60. The Bertz CT molecular complexity index is 791. The van der Waals surface area contributed by atoms with Crippen molar-refractivity contribution in [2.45, 2.75) is 0 Å². The van der Waals surface area contributed by atoms with Crippen molar-refractivity contribution in [1.29, 1.82) is 0 Å². The molecule has 3 N–H and O–H groups in total. The molecule has 0 aliphatic carbocycles. The molecule has 3 aromatic rings. The van der Waals surface area contributed by atoms with E-state index in [0.29, 0.717) is 20.9 Å². The molecule has 1 aromatic heterocycles. The molecule has 0 aliphatic heterocycles. The van der Waals surface area contributed by atoms with E-state index >= 15 is 0 Å². The van der Waals surface area contributed by atoms with E-state index in [-0.39, 0.29) is 0 Å². The minimum Gasteiger partial charge on any atom is -0.382 e. The zero-order valence-corrected chi connectivity index (χ0v) is 13.0. The molecule has 0 radical (unpaired) electrons. The number of hydrogen-bond donors (Lipinski definition) is 2. The number of aromatic amines is 1. The number of nitrogens with two attached hydrogens (primary N) is 1. The van der Waals surface area contributed by atoms with Gasteiger partial charge in [0.15, 0.2) is 5.82 Å². The number of anilines is 1. The third-order valence-corrected chi connectivity index (χ3v) is 3.85. The van der Waals surface area contributed by atoms with Crippen LogP contribution in [-0.4, -0.2) is 10.2 Å². The van der Waals surface area contributed by atoms with Crippen LogP contribution in [0.3, 0.4) is 0 Å². The maximum absolute atomic E-state index is 6.26. The molecule has 6 heteroatoms. The Morgan fingerprint density at radius 1 is 0.952 bits per heavy atom. The molecule has 0 saturated carbocycles. The van der Waals surface area contributed by atoms with Gasteiger partial charge >= 0.3 is 0 Å². The normalized spacial score (nSPS) is 10.8. The fourth-order valence-corrected chi connectivity index (χ4v) is 2.96. The average Bonchev–Trinajstić information content (AvgIpc) is 2.80. The molecule has 21 heavy (non-hydrogen) atoms. The highest BCUT2D eigenvalue weighted by molar-refractivity contribution is 6.35. The van der Waals surface area contributed by atoms with Gasteiger partial charge in [-0.25, -0.2) is 0 Å².